The fourth-order valence-corrected chi connectivity index (χ4v) is 4.40. The van der Waals surface area contributed by atoms with Crippen LogP contribution in [0.5, 0.6) is 0 Å². The van der Waals surface area contributed by atoms with E-state index in [0.29, 0.717) is 13.0 Å². The number of carbonyl (C=O) groups is 2. The molecule has 0 aliphatic carbocycles. The van der Waals surface area contributed by atoms with E-state index in [1.54, 1.807) is 0 Å². The van der Waals surface area contributed by atoms with E-state index in [1.165, 1.54) is 11.3 Å². The molecule has 2 aliphatic rings. The SMILES string of the molecule is CCN1CCc2ccc(NC(=O)C3CCCN(C(=O)Cc4ccccc4)C3)cc21. The maximum absolute atomic E-state index is 12.9. The molecule has 2 aromatic rings. The minimum absolute atomic E-state index is 0.0169. The summed E-state index contributed by atoms with van der Waals surface area (Å²) in [6.45, 7) is 5.42. The van der Waals surface area contributed by atoms with Crippen molar-refractivity contribution in [3.05, 3.63) is 59.7 Å². The first-order chi connectivity index (χ1) is 14.1. The third-order valence-electron chi connectivity index (χ3n) is 6.07. The van der Waals surface area contributed by atoms with E-state index >= 15 is 0 Å². The van der Waals surface area contributed by atoms with Gasteiger partial charge in [0, 0.05) is 37.6 Å². The molecular weight excluding hydrogens is 362 g/mol. The Kier molecular flexibility index (Phi) is 5.84. The van der Waals surface area contributed by atoms with Gasteiger partial charge in [0.2, 0.25) is 11.8 Å². The molecule has 0 spiro atoms. The summed E-state index contributed by atoms with van der Waals surface area (Å²) in [5, 5.41) is 3.09. The highest BCUT2D eigenvalue weighted by Crippen LogP contribution is 2.31. The zero-order chi connectivity index (χ0) is 20.2. The lowest BCUT2D eigenvalue weighted by molar-refractivity contribution is -0.133. The van der Waals surface area contributed by atoms with Crippen molar-refractivity contribution >= 4 is 23.2 Å². The number of amides is 2. The van der Waals surface area contributed by atoms with Gasteiger partial charge < -0.3 is 15.1 Å². The topological polar surface area (TPSA) is 52.7 Å². The summed E-state index contributed by atoms with van der Waals surface area (Å²) in [6.07, 6.45) is 3.16. The Morgan fingerprint density at radius 3 is 2.72 bits per heavy atom. The average molecular weight is 392 g/mol. The van der Waals surface area contributed by atoms with Crippen LogP contribution in [0.2, 0.25) is 0 Å². The van der Waals surface area contributed by atoms with Gasteiger partial charge in [0.15, 0.2) is 0 Å². The summed E-state index contributed by atoms with van der Waals surface area (Å²) in [5.41, 5.74) is 4.44. The van der Waals surface area contributed by atoms with Crippen LogP contribution in [-0.2, 0) is 22.4 Å². The van der Waals surface area contributed by atoms with Gasteiger partial charge in [-0.2, -0.15) is 0 Å². The van der Waals surface area contributed by atoms with Crippen LogP contribution in [-0.4, -0.2) is 42.9 Å². The monoisotopic (exact) mass is 391 g/mol. The number of rotatable bonds is 5. The second kappa shape index (κ2) is 8.68. The van der Waals surface area contributed by atoms with Crippen molar-refractivity contribution in [3.8, 4) is 0 Å². The van der Waals surface area contributed by atoms with Gasteiger partial charge in [0.1, 0.15) is 0 Å². The van der Waals surface area contributed by atoms with Gasteiger partial charge in [-0.15, -0.1) is 0 Å². The summed E-state index contributed by atoms with van der Waals surface area (Å²) in [7, 11) is 0. The number of likely N-dealkylation sites (N-methyl/N-ethyl adjacent to an activating group) is 1. The third kappa shape index (κ3) is 4.44. The Morgan fingerprint density at radius 2 is 1.93 bits per heavy atom. The fraction of sp³-hybridized carbons (Fsp3) is 0.417. The number of hydrogen-bond acceptors (Lipinski definition) is 3. The van der Waals surface area contributed by atoms with Crippen molar-refractivity contribution in [3.63, 3.8) is 0 Å². The second-order valence-corrected chi connectivity index (χ2v) is 8.00. The van der Waals surface area contributed by atoms with E-state index in [0.717, 1.165) is 50.1 Å². The molecule has 5 heteroatoms. The van der Waals surface area contributed by atoms with E-state index < -0.39 is 0 Å². The molecule has 1 N–H and O–H groups in total. The molecule has 2 aliphatic heterocycles. The molecule has 1 saturated heterocycles. The lowest BCUT2D eigenvalue weighted by Gasteiger charge is -2.32. The van der Waals surface area contributed by atoms with Gasteiger partial charge in [0.05, 0.1) is 12.3 Å². The van der Waals surface area contributed by atoms with E-state index in [-0.39, 0.29) is 17.7 Å². The maximum Gasteiger partial charge on any atom is 0.229 e. The lowest BCUT2D eigenvalue weighted by atomic mass is 9.96. The van der Waals surface area contributed by atoms with Crippen LogP contribution in [0, 0.1) is 5.92 Å². The highest BCUT2D eigenvalue weighted by molar-refractivity contribution is 5.94. The molecule has 1 fully saturated rings. The molecule has 1 atom stereocenters. The van der Waals surface area contributed by atoms with E-state index in [2.05, 4.69) is 29.3 Å². The van der Waals surface area contributed by atoms with Gasteiger partial charge in [-0.1, -0.05) is 36.4 Å². The predicted octanol–water partition coefficient (Wildman–Crippen LogP) is 3.49. The first-order valence-electron chi connectivity index (χ1n) is 10.6. The van der Waals surface area contributed by atoms with E-state index in [1.807, 2.05) is 41.3 Å². The van der Waals surface area contributed by atoms with Crippen LogP contribution < -0.4 is 10.2 Å². The van der Waals surface area contributed by atoms with Crippen molar-refractivity contribution in [1.82, 2.24) is 4.90 Å². The quantitative estimate of drug-likeness (QED) is 0.849. The molecule has 0 saturated carbocycles. The fourth-order valence-electron chi connectivity index (χ4n) is 4.40. The van der Waals surface area contributed by atoms with E-state index in [9.17, 15) is 9.59 Å². The summed E-state index contributed by atoms with van der Waals surface area (Å²) >= 11 is 0. The minimum atomic E-state index is -0.154. The standard InChI is InChI=1S/C24H29N3O2/c1-2-26-14-12-19-10-11-21(16-22(19)26)25-24(29)20-9-6-13-27(17-20)23(28)15-18-7-4-3-5-8-18/h3-5,7-8,10-11,16,20H,2,6,9,12-15,17H2,1H3,(H,25,29). The van der Waals surface area contributed by atoms with Crippen LogP contribution >= 0.6 is 0 Å². The Hall–Kier alpha value is -2.82. The number of fused-ring (bicyclic) bond motifs is 1. The number of hydrogen-bond donors (Lipinski definition) is 1. The minimum Gasteiger partial charge on any atom is -0.371 e. The Morgan fingerprint density at radius 1 is 1.10 bits per heavy atom. The van der Waals surface area contributed by atoms with Crippen molar-refractivity contribution < 1.29 is 9.59 Å². The highest BCUT2D eigenvalue weighted by Gasteiger charge is 2.28. The largest absolute Gasteiger partial charge is 0.371 e. The summed E-state index contributed by atoms with van der Waals surface area (Å²) in [5.74, 6) is -0.0352. The predicted molar refractivity (Wildman–Crippen MR) is 116 cm³/mol. The van der Waals surface area contributed by atoms with Crippen molar-refractivity contribution in [2.45, 2.75) is 32.6 Å². The number of nitrogens with one attached hydrogen (secondary N) is 1. The molecule has 152 valence electrons. The van der Waals surface area contributed by atoms with Crippen LogP contribution in [0.15, 0.2) is 48.5 Å². The molecule has 1 unspecified atom stereocenters. The van der Waals surface area contributed by atoms with Crippen molar-refractivity contribution in [2.75, 3.05) is 36.4 Å². The maximum atomic E-state index is 12.9. The van der Waals surface area contributed by atoms with Crippen molar-refractivity contribution in [2.24, 2.45) is 5.92 Å². The van der Waals surface area contributed by atoms with Gasteiger partial charge in [-0.3, -0.25) is 9.59 Å². The number of carbonyl (C=O) groups excluding carboxylic acids is 2. The second-order valence-electron chi connectivity index (χ2n) is 8.00. The molecule has 5 nitrogen and oxygen atoms in total. The van der Waals surface area contributed by atoms with Crippen LogP contribution in [0.1, 0.15) is 30.9 Å². The Balaban J connectivity index is 1.37. The molecule has 0 bridgehead atoms. The Labute approximate surface area is 172 Å². The molecule has 29 heavy (non-hydrogen) atoms. The van der Waals surface area contributed by atoms with Gasteiger partial charge in [-0.05, 0) is 49.4 Å². The smallest absolute Gasteiger partial charge is 0.229 e. The number of benzene rings is 2. The van der Waals surface area contributed by atoms with Gasteiger partial charge in [-0.25, -0.2) is 0 Å². The summed E-state index contributed by atoms with van der Waals surface area (Å²) < 4.78 is 0. The molecule has 0 radical (unpaired) electrons. The van der Waals surface area contributed by atoms with Crippen molar-refractivity contribution in [1.29, 1.82) is 0 Å². The van der Waals surface area contributed by atoms with E-state index in [4.69, 9.17) is 0 Å². The normalized spacial score (nSPS) is 18.4. The molecule has 2 aromatic carbocycles. The number of piperidine rings is 1. The van der Waals surface area contributed by atoms with Crippen LogP contribution in [0.25, 0.3) is 0 Å². The van der Waals surface area contributed by atoms with Gasteiger partial charge >= 0.3 is 0 Å². The molecule has 0 aromatic heterocycles. The molecule has 4 rings (SSSR count). The molecule has 2 heterocycles. The zero-order valence-electron chi connectivity index (χ0n) is 17.1. The highest BCUT2D eigenvalue weighted by atomic mass is 16.2. The summed E-state index contributed by atoms with van der Waals surface area (Å²) in [4.78, 5) is 29.8. The average Bonchev–Trinajstić information content (AvgIpc) is 3.17. The van der Waals surface area contributed by atoms with Crippen LogP contribution in [0.4, 0.5) is 11.4 Å². The third-order valence-corrected chi connectivity index (χ3v) is 6.07. The first kappa shape index (κ1) is 19.5. The molecular formula is C24H29N3O2. The van der Waals surface area contributed by atoms with Crippen LogP contribution in [0.3, 0.4) is 0 Å². The lowest BCUT2D eigenvalue weighted by Crippen LogP contribution is -2.44. The zero-order valence-corrected chi connectivity index (χ0v) is 17.1. The Bertz CT molecular complexity index is 881. The first-order valence-corrected chi connectivity index (χ1v) is 10.6. The number of anilines is 2. The summed E-state index contributed by atoms with van der Waals surface area (Å²) in [6, 6.07) is 16.0. The molecule has 2 amide bonds. The number of likely N-dealkylation sites (tertiary alicyclic amines) is 1. The number of nitrogens with zero attached hydrogens (tertiary/aromatic N) is 2. The van der Waals surface area contributed by atoms with Gasteiger partial charge in [0.25, 0.3) is 0 Å².